The second-order valence-electron chi connectivity index (χ2n) is 5.19. The van der Waals surface area contributed by atoms with Crippen molar-refractivity contribution in [3.05, 3.63) is 29.1 Å². The number of rotatable bonds is 5. The molecule has 2 atom stereocenters. The molecular weight excluding hydrogens is 292 g/mol. The Hall–Kier alpha value is -0.950. The van der Waals surface area contributed by atoms with E-state index >= 15 is 0 Å². The van der Waals surface area contributed by atoms with Gasteiger partial charge < -0.3 is 5.73 Å². The first-order valence-corrected chi connectivity index (χ1v) is 9.09. The van der Waals surface area contributed by atoms with Crippen molar-refractivity contribution in [1.82, 2.24) is 4.72 Å². The Bertz CT molecular complexity index is 737. The maximum absolute atomic E-state index is 12.6. The third kappa shape index (κ3) is 2.37. The number of hydrogen-bond acceptors (Lipinski definition) is 4. The van der Waals surface area contributed by atoms with Crippen LogP contribution in [-0.4, -0.2) is 14.5 Å². The molecule has 2 aromatic rings. The lowest BCUT2D eigenvalue weighted by Crippen LogP contribution is -2.27. The van der Waals surface area contributed by atoms with Gasteiger partial charge in [0.05, 0.1) is 0 Å². The van der Waals surface area contributed by atoms with E-state index in [1.54, 1.807) is 0 Å². The molecule has 1 aromatic carbocycles. The Morgan fingerprint density at radius 3 is 2.80 bits per heavy atom. The highest BCUT2D eigenvalue weighted by atomic mass is 32.2. The molecule has 6 heteroatoms. The quantitative estimate of drug-likeness (QED) is 0.891. The summed E-state index contributed by atoms with van der Waals surface area (Å²) in [6.45, 7) is 2.34. The summed E-state index contributed by atoms with van der Waals surface area (Å²) < 4.78 is 29.1. The monoisotopic (exact) mass is 310 g/mol. The van der Waals surface area contributed by atoms with Crippen LogP contribution in [0.1, 0.15) is 24.6 Å². The number of fused-ring (bicyclic) bond motifs is 1. The first-order valence-electron chi connectivity index (χ1n) is 6.79. The number of sulfonamides is 1. The van der Waals surface area contributed by atoms with Gasteiger partial charge in [-0.2, -0.15) is 0 Å². The van der Waals surface area contributed by atoms with Crippen molar-refractivity contribution < 1.29 is 8.42 Å². The van der Waals surface area contributed by atoms with Gasteiger partial charge in [-0.15, -0.1) is 11.3 Å². The number of nitrogens with one attached hydrogen (secondary N) is 1. The molecule has 20 heavy (non-hydrogen) atoms. The summed E-state index contributed by atoms with van der Waals surface area (Å²) in [5.41, 5.74) is 5.73. The molecule has 108 valence electrons. The van der Waals surface area contributed by atoms with Crippen molar-refractivity contribution in [2.75, 3.05) is 0 Å². The van der Waals surface area contributed by atoms with Crippen LogP contribution in [0.25, 0.3) is 10.1 Å². The second-order valence-corrected chi connectivity index (χ2v) is 7.97. The van der Waals surface area contributed by atoms with Gasteiger partial charge in [0.1, 0.15) is 4.90 Å². The van der Waals surface area contributed by atoms with Crippen LogP contribution in [0.2, 0.25) is 0 Å². The predicted octanol–water partition coefficient (Wildman–Crippen LogP) is 2.44. The van der Waals surface area contributed by atoms with Crippen LogP contribution >= 0.6 is 11.3 Å². The Morgan fingerprint density at radius 2 is 2.15 bits per heavy atom. The van der Waals surface area contributed by atoms with Crippen LogP contribution in [-0.2, 0) is 16.6 Å². The van der Waals surface area contributed by atoms with Gasteiger partial charge in [-0.1, -0.05) is 31.5 Å². The minimum absolute atomic E-state index is 0.0919. The van der Waals surface area contributed by atoms with E-state index in [2.05, 4.69) is 11.6 Å². The Kier molecular flexibility index (Phi) is 3.58. The van der Waals surface area contributed by atoms with Crippen molar-refractivity contribution in [3.63, 3.8) is 0 Å². The molecule has 1 saturated carbocycles. The van der Waals surface area contributed by atoms with E-state index in [0.29, 0.717) is 10.8 Å². The minimum atomic E-state index is -3.49. The van der Waals surface area contributed by atoms with Gasteiger partial charge >= 0.3 is 0 Å². The summed E-state index contributed by atoms with van der Waals surface area (Å²) in [5, 5.41) is 0.777. The number of hydrogen-bond donors (Lipinski definition) is 2. The Morgan fingerprint density at radius 1 is 1.40 bits per heavy atom. The fourth-order valence-electron chi connectivity index (χ4n) is 2.60. The lowest BCUT2D eigenvalue weighted by molar-refractivity contribution is 0.576. The molecule has 0 amide bonds. The number of nitrogens with two attached hydrogens (primary N) is 1. The molecule has 1 fully saturated rings. The zero-order valence-corrected chi connectivity index (χ0v) is 12.9. The van der Waals surface area contributed by atoms with Gasteiger partial charge in [-0.05, 0) is 18.4 Å². The summed E-state index contributed by atoms with van der Waals surface area (Å²) in [4.78, 5) is 1.11. The van der Waals surface area contributed by atoms with Gasteiger partial charge in [0.15, 0.2) is 0 Å². The fraction of sp³-hybridized carbons (Fsp3) is 0.429. The standard InChI is InChI=1S/C14H18N2O2S2/c1-2-9-7-11(9)16-20(17,18)14-10-5-3-4-6-12(10)19-13(14)8-15/h3-6,9,11,16H,2,7-8,15H2,1H3. The lowest BCUT2D eigenvalue weighted by Gasteiger charge is -2.07. The molecule has 1 aromatic heterocycles. The molecule has 3 N–H and O–H groups in total. The van der Waals surface area contributed by atoms with Gasteiger partial charge in [0, 0.05) is 27.5 Å². The molecule has 3 rings (SSSR count). The van der Waals surface area contributed by atoms with Gasteiger partial charge in [0.2, 0.25) is 10.0 Å². The van der Waals surface area contributed by atoms with Crippen LogP contribution in [0.5, 0.6) is 0 Å². The molecule has 0 bridgehead atoms. The van der Waals surface area contributed by atoms with Crippen molar-refractivity contribution in [2.24, 2.45) is 11.7 Å². The highest BCUT2D eigenvalue weighted by molar-refractivity contribution is 7.90. The molecule has 4 nitrogen and oxygen atoms in total. The number of thiophene rings is 1. The molecule has 0 radical (unpaired) electrons. The zero-order valence-electron chi connectivity index (χ0n) is 11.3. The molecule has 2 unspecified atom stereocenters. The van der Waals surface area contributed by atoms with E-state index < -0.39 is 10.0 Å². The lowest BCUT2D eigenvalue weighted by atomic mass is 10.2. The van der Waals surface area contributed by atoms with Crippen molar-refractivity contribution in [3.8, 4) is 0 Å². The largest absolute Gasteiger partial charge is 0.326 e. The SMILES string of the molecule is CCC1CC1NS(=O)(=O)c1c(CN)sc2ccccc12. The van der Waals surface area contributed by atoms with Gasteiger partial charge in [-0.25, -0.2) is 13.1 Å². The van der Waals surface area contributed by atoms with Crippen LogP contribution in [0.15, 0.2) is 29.2 Å². The Labute approximate surface area is 123 Å². The van der Waals surface area contributed by atoms with Crippen LogP contribution in [0, 0.1) is 5.92 Å². The van der Waals surface area contributed by atoms with Gasteiger partial charge in [0.25, 0.3) is 0 Å². The van der Waals surface area contributed by atoms with Crippen molar-refractivity contribution in [1.29, 1.82) is 0 Å². The number of benzene rings is 1. The molecule has 0 aliphatic heterocycles. The van der Waals surface area contributed by atoms with Crippen molar-refractivity contribution >= 4 is 31.4 Å². The topological polar surface area (TPSA) is 72.2 Å². The summed E-state index contributed by atoms with van der Waals surface area (Å²) in [5.74, 6) is 0.482. The van der Waals surface area contributed by atoms with E-state index in [1.807, 2.05) is 24.3 Å². The first kappa shape index (κ1) is 14.0. The predicted molar refractivity (Wildman–Crippen MR) is 82.2 cm³/mol. The summed E-state index contributed by atoms with van der Waals surface area (Å²) in [6.07, 6.45) is 1.96. The molecule has 0 spiro atoms. The maximum atomic E-state index is 12.6. The normalized spacial score (nSPS) is 22.3. The van der Waals surface area contributed by atoms with E-state index in [9.17, 15) is 8.42 Å². The van der Waals surface area contributed by atoms with Gasteiger partial charge in [-0.3, -0.25) is 0 Å². The Balaban J connectivity index is 2.04. The fourth-order valence-corrected chi connectivity index (χ4v) is 5.76. The second kappa shape index (κ2) is 5.11. The van der Waals surface area contributed by atoms with Crippen LogP contribution in [0.4, 0.5) is 0 Å². The van der Waals surface area contributed by atoms with E-state index in [-0.39, 0.29) is 12.6 Å². The summed E-state index contributed by atoms with van der Waals surface area (Å²) in [6, 6.07) is 7.65. The highest BCUT2D eigenvalue weighted by Gasteiger charge is 2.39. The van der Waals surface area contributed by atoms with Crippen LogP contribution < -0.4 is 10.5 Å². The van der Waals surface area contributed by atoms with Crippen molar-refractivity contribution in [2.45, 2.75) is 37.2 Å². The zero-order chi connectivity index (χ0) is 14.3. The van der Waals surface area contributed by atoms with Crippen LogP contribution in [0.3, 0.4) is 0 Å². The average Bonchev–Trinajstić information content (AvgIpc) is 3.04. The molecule has 1 heterocycles. The molecular formula is C14H18N2O2S2. The maximum Gasteiger partial charge on any atom is 0.242 e. The first-order chi connectivity index (χ1) is 9.56. The molecule has 1 aliphatic rings. The smallest absolute Gasteiger partial charge is 0.242 e. The summed E-state index contributed by atoms with van der Waals surface area (Å²) in [7, 11) is -3.49. The molecule has 0 saturated heterocycles. The molecule has 1 aliphatic carbocycles. The average molecular weight is 310 g/mol. The third-order valence-corrected chi connectivity index (χ3v) is 6.76. The third-order valence-electron chi connectivity index (χ3n) is 3.83. The van der Waals surface area contributed by atoms with E-state index in [4.69, 9.17) is 5.73 Å². The summed E-state index contributed by atoms with van der Waals surface area (Å²) >= 11 is 1.46. The minimum Gasteiger partial charge on any atom is -0.326 e. The van der Waals surface area contributed by atoms with E-state index in [0.717, 1.165) is 27.8 Å². The van der Waals surface area contributed by atoms with E-state index in [1.165, 1.54) is 11.3 Å². The highest BCUT2D eigenvalue weighted by Crippen LogP contribution is 2.38.